The number of hydrogen-bond acceptors (Lipinski definition) is 5. The summed E-state index contributed by atoms with van der Waals surface area (Å²) in [6.07, 6.45) is 0. The fraction of sp³-hybridized carbons (Fsp3) is 0.267. The van der Waals surface area contributed by atoms with E-state index in [0.29, 0.717) is 10.9 Å². The molecule has 2 rings (SSSR count). The number of methoxy groups -OCH3 is 1. The van der Waals surface area contributed by atoms with Crippen molar-refractivity contribution in [3.8, 4) is 5.75 Å². The van der Waals surface area contributed by atoms with Gasteiger partial charge in [-0.15, -0.1) is 11.3 Å². The first-order valence-corrected chi connectivity index (χ1v) is 7.48. The Kier molecular flexibility index (Phi) is 5.11. The van der Waals surface area contributed by atoms with Crippen molar-refractivity contribution in [2.75, 3.05) is 12.4 Å². The van der Waals surface area contributed by atoms with E-state index < -0.39 is 11.8 Å². The lowest BCUT2D eigenvalue weighted by molar-refractivity contribution is -0.136. The lowest BCUT2D eigenvalue weighted by Crippen LogP contribution is -2.35. The third-order valence-corrected chi connectivity index (χ3v) is 4.08. The summed E-state index contributed by atoms with van der Waals surface area (Å²) in [5, 5.41) is 5.48. The number of ether oxygens (including phenoxy) is 1. The minimum atomic E-state index is -0.733. The monoisotopic (exact) mass is 319 g/mol. The van der Waals surface area contributed by atoms with Gasteiger partial charge in [-0.05, 0) is 19.9 Å². The predicted molar refractivity (Wildman–Crippen MR) is 85.1 cm³/mol. The molecule has 0 atom stereocenters. The van der Waals surface area contributed by atoms with Crippen LogP contribution >= 0.6 is 11.3 Å². The van der Waals surface area contributed by atoms with Crippen LogP contribution in [-0.4, -0.2) is 23.9 Å². The summed E-state index contributed by atoms with van der Waals surface area (Å²) in [4.78, 5) is 28.8. The molecule has 0 unspecified atom stereocenters. The quantitative estimate of drug-likeness (QED) is 0.845. The van der Waals surface area contributed by atoms with Crippen molar-refractivity contribution in [3.05, 3.63) is 40.4 Å². The van der Waals surface area contributed by atoms with Crippen LogP contribution in [0.4, 0.5) is 5.13 Å². The maximum atomic E-state index is 11.8. The SMILES string of the molecule is COc1ccccc1CNC(=O)C(=O)Nc1nc(C)c(C)s1. The second-order valence-electron chi connectivity index (χ2n) is 4.61. The molecule has 1 aromatic heterocycles. The van der Waals surface area contributed by atoms with E-state index in [0.717, 1.165) is 16.1 Å². The van der Waals surface area contributed by atoms with Gasteiger partial charge in [-0.3, -0.25) is 14.9 Å². The minimum Gasteiger partial charge on any atom is -0.496 e. The molecule has 7 heteroatoms. The van der Waals surface area contributed by atoms with Crippen LogP contribution in [0.5, 0.6) is 5.75 Å². The van der Waals surface area contributed by atoms with E-state index >= 15 is 0 Å². The number of amides is 2. The van der Waals surface area contributed by atoms with E-state index in [1.54, 1.807) is 13.2 Å². The van der Waals surface area contributed by atoms with Gasteiger partial charge >= 0.3 is 11.8 Å². The number of para-hydroxylation sites is 1. The predicted octanol–water partition coefficient (Wildman–Crippen LogP) is 2.02. The smallest absolute Gasteiger partial charge is 0.315 e. The molecule has 0 spiro atoms. The molecule has 1 aromatic carbocycles. The van der Waals surface area contributed by atoms with E-state index in [-0.39, 0.29) is 6.54 Å². The van der Waals surface area contributed by atoms with E-state index in [1.165, 1.54) is 11.3 Å². The number of rotatable bonds is 4. The molecule has 22 heavy (non-hydrogen) atoms. The summed E-state index contributed by atoms with van der Waals surface area (Å²) < 4.78 is 5.19. The fourth-order valence-electron chi connectivity index (χ4n) is 1.78. The van der Waals surface area contributed by atoms with Gasteiger partial charge in [0.1, 0.15) is 5.75 Å². The van der Waals surface area contributed by atoms with Crippen molar-refractivity contribution < 1.29 is 14.3 Å². The lowest BCUT2D eigenvalue weighted by atomic mass is 10.2. The first kappa shape index (κ1) is 16.0. The molecular formula is C15H17N3O3S. The first-order valence-electron chi connectivity index (χ1n) is 6.66. The number of carbonyl (C=O) groups is 2. The molecular weight excluding hydrogens is 302 g/mol. The van der Waals surface area contributed by atoms with Crippen LogP contribution in [0.2, 0.25) is 0 Å². The molecule has 0 aliphatic rings. The fourth-order valence-corrected chi connectivity index (χ4v) is 2.59. The zero-order valence-corrected chi connectivity index (χ0v) is 13.4. The molecule has 1 heterocycles. The summed E-state index contributed by atoms with van der Waals surface area (Å²) in [7, 11) is 1.56. The van der Waals surface area contributed by atoms with Crippen molar-refractivity contribution in [1.29, 1.82) is 0 Å². The van der Waals surface area contributed by atoms with Crippen molar-refractivity contribution in [3.63, 3.8) is 0 Å². The number of nitrogens with zero attached hydrogens (tertiary/aromatic N) is 1. The number of hydrogen-bond donors (Lipinski definition) is 2. The van der Waals surface area contributed by atoms with E-state index in [1.807, 2.05) is 32.0 Å². The Morgan fingerprint density at radius 3 is 2.59 bits per heavy atom. The van der Waals surface area contributed by atoms with E-state index in [4.69, 9.17) is 4.74 Å². The van der Waals surface area contributed by atoms with Gasteiger partial charge < -0.3 is 10.1 Å². The Morgan fingerprint density at radius 2 is 1.95 bits per heavy atom. The number of anilines is 1. The Bertz CT molecular complexity index is 678. The van der Waals surface area contributed by atoms with Crippen LogP contribution in [0.1, 0.15) is 16.1 Å². The average molecular weight is 319 g/mol. The number of aryl methyl sites for hydroxylation is 2. The summed E-state index contributed by atoms with van der Waals surface area (Å²) in [6, 6.07) is 7.29. The van der Waals surface area contributed by atoms with Gasteiger partial charge in [-0.2, -0.15) is 0 Å². The molecule has 0 radical (unpaired) electrons. The largest absolute Gasteiger partial charge is 0.496 e. The molecule has 2 amide bonds. The number of nitrogens with one attached hydrogen (secondary N) is 2. The molecule has 0 aliphatic heterocycles. The van der Waals surface area contributed by atoms with Gasteiger partial charge in [-0.1, -0.05) is 18.2 Å². The van der Waals surface area contributed by atoms with Crippen LogP contribution in [0.15, 0.2) is 24.3 Å². The van der Waals surface area contributed by atoms with Crippen molar-refractivity contribution >= 4 is 28.3 Å². The van der Waals surface area contributed by atoms with Gasteiger partial charge in [0.15, 0.2) is 5.13 Å². The third kappa shape index (κ3) is 3.82. The molecule has 2 aromatic rings. The van der Waals surface area contributed by atoms with Gasteiger partial charge in [0, 0.05) is 17.0 Å². The second kappa shape index (κ2) is 7.04. The molecule has 6 nitrogen and oxygen atoms in total. The van der Waals surface area contributed by atoms with Crippen LogP contribution < -0.4 is 15.4 Å². The standard InChI is InChI=1S/C15H17N3O3S/c1-9-10(2)22-15(17-9)18-14(20)13(19)16-8-11-6-4-5-7-12(11)21-3/h4-7H,8H2,1-3H3,(H,16,19)(H,17,18,20). The van der Waals surface area contributed by atoms with E-state index in [9.17, 15) is 9.59 Å². The highest BCUT2D eigenvalue weighted by atomic mass is 32.1. The normalized spacial score (nSPS) is 10.1. The average Bonchev–Trinajstić information content (AvgIpc) is 2.82. The summed E-state index contributed by atoms with van der Waals surface area (Å²) in [5.41, 5.74) is 1.64. The highest BCUT2D eigenvalue weighted by Gasteiger charge is 2.16. The third-order valence-electron chi connectivity index (χ3n) is 3.09. The first-order chi connectivity index (χ1) is 10.5. The van der Waals surface area contributed by atoms with E-state index in [2.05, 4.69) is 15.6 Å². The highest BCUT2D eigenvalue weighted by molar-refractivity contribution is 7.15. The van der Waals surface area contributed by atoms with Crippen LogP contribution in [0, 0.1) is 13.8 Å². The maximum Gasteiger partial charge on any atom is 0.315 e. The summed E-state index contributed by atoms with van der Waals surface area (Å²) in [5.74, 6) is -0.783. The Labute approximate surface area is 132 Å². The summed E-state index contributed by atoms with van der Waals surface area (Å²) >= 11 is 1.34. The Morgan fingerprint density at radius 1 is 1.23 bits per heavy atom. The van der Waals surface area contributed by atoms with Gasteiger partial charge in [0.05, 0.1) is 12.8 Å². The Hall–Kier alpha value is -2.41. The molecule has 0 aliphatic carbocycles. The lowest BCUT2D eigenvalue weighted by Gasteiger charge is -2.09. The molecule has 0 fully saturated rings. The second-order valence-corrected chi connectivity index (χ2v) is 5.81. The topological polar surface area (TPSA) is 80.3 Å². The van der Waals surface area contributed by atoms with Crippen molar-refractivity contribution in [2.24, 2.45) is 0 Å². The molecule has 2 N–H and O–H groups in total. The van der Waals surface area contributed by atoms with Crippen molar-refractivity contribution in [2.45, 2.75) is 20.4 Å². The Balaban J connectivity index is 1.93. The zero-order valence-electron chi connectivity index (χ0n) is 12.6. The highest BCUT2D eigenvalue weighted by Crippen LogP contribution is 2.21. The number of aromatic nitrogens is 1. The number of thiazole rings is 1. The van der Waals surface area contributed by atoms with Crippen LogP contribution in [0.25, 0.3) is 0 Å². The molecule has 0 bridgehead atoms. The summed E-state index contributed by atoms with van der Waals surface area (Å²) in [6.45, 7) is 3.97. The maximum absolute atomic E-state index is 11.8. The molecule has 116 valence electrons. The van der Waals surface area contributed by atoms with Gasteiger partial charge in [-0.25, -0.2) is 4.98 Å². The number of carbonyl (C=O) groups excluding carboxylic acids is 2. The molecule has 0 saturated carbocycles. The zero-order chi connectivity index (χ0) is 16.1. The van der Waals surface area contributed by atoms with Crippen molar-refractivity contribution in [1.82, 2.24) is 10.3 Å². The van der Waals surface area contributed by atoms with Gasteiger partial charge in [0.25, 0.3) is 0 Å². The minimum absolute atomic E-state index is 0.214. The van der Waals surface area contributed by atoms with Crippen LogP contribution in [-0.2, 0) is 16.1 Å². The van der Waals surface area contributed by atoms with Crippen LogP contribution in [0.3, 0.4) is 0 Å². The molecule has 0 saturated heterocycles. The number of benzene rings is 1. The van der Waals surface area contributed by atoms with Gasteiger partial charge in [0.2, 0.25) is 0 Å².